The molecular formula is C20H29N5O5. The Labute approximate surface area is 175 Å². The van der Waals surface area contributed by atoms with Crippen LogP contribution >= 0.6 is 0 Å². The summed E-state index contributed by atoms with van der Waals surface area (Å²) in [5, 5.41) is 14.0. The van der Waals surface area contributed by atoms with Crippen LogP contribution in [0.2, 0.25) is 0 Å². The van der Waals surface area contributed by atoms with E-state index in [2.05, 4.69) is 27.2 Å². The van der Waals surface area contributed by atoms with Gasteiger partial charge in [0.1, 0.15) is 5.60 Å². The van der Waals surface area contributed by atoms with Crippen LogP contribution in [0.5, 0.6) is 0 Å². The molecule has 1 aliphatic carbocycles. The van der Waals surface area contributed by atoms with Crippen molar-refractivity contribution in [2.75, 3.05) is 13.2 Å². The molecule has 0 bridgehead atoms. The third-order valence-corrected chi connectivity index (χ3v) is 5.62. The van der Waals surface area contributed by atoms with E-state index < -0.39 is 23.2 Å². The molecule has 1 amide bonds. The summed E-state index contributed by atoms with van der Waals surface area (Å²) < 4.78 is 10.7. The molecule has 2 heterocycles. The highest BCUT2D eigenvalue weighted by atomic mass is 16.6. The number of likely N-dealkylation sites (tertiary alicyclic amines) is 1. The number of ketones is 1. The molecule has 10 heteroatoms. The number of aromatic nitrogens is 4. The van der Waals surface area contributed by atoms with Crippen molar-refractivity contribution in [2.24, 2.45) is 11.3 Å². The van der Waals surface area contributed by atoms with Crippen molar-refractivity contribution in [3.63, 3.8) is 0 Å². The fourth-order valence-corrected chi connectivity index (χ4v) is 4.05. The van der Waals surface area contributed by atoms with Crippen molar-refractivity contribution in [3.8, 4) is 0 Å². The summed E-state index contributed by atoms with van der Waals surface area (Å²) in [6.45, 7) is 11.3. The zero-order valence-electron chi connectivity index (χ0n) is 17.9. The minimum absolute atomic E-state index is 0.00848. The van der Waals surface area contributed by atoms with Gasteiger partial charge in [0.25, 0.3) is 0 Å². The molecule has 1 saturated heterocycles. The van der Waals surface area contributed by atoms with Crippen molar-refractivity contribution in [1.29, 1.82) is 0 Å². The van der Waals surface area contributed by atoms with Gasteiger partial charge in [-0.05, 0) is 46.5 Å². The van der Waals surface area contributed by atoms with Crippen LogP contribution in [0, 0.1) is 11.3 Å². The van der Waals surface area contributed by atoms with E-state index in [1.165, 1.54) is 4.90 Å². The maximum Gasteiger partial charge on any atom is 0.410 e. The van der Waals surface area contributed by atoms with E-state index in [0.717, 1.165) is 0 Å². The van der Waals surface area contributed by atoms with Crippen molar-refractivity contribution < 1.29 is 23.9 Å². The third-order valence-electron chi connectivity index (χ3n) is 5.62. The number of carbonyl (C=O) groups excluding carboxylic acids is 3. The largest absolute Gasteiger partial charge is 0.466 e. The number of carbonyl (C=O) groups is 3. The van der Waals surface area contributed by atoms with Crippen LogP contribution in [0.25, 0.3) is 0 Å². The molecule has 1 aromatic heterocycles. The molecule has 2 fully saturated rings. The molecule has 0 radical (unpaired) electrons. The highest BCUT2D eigenvalue weighted by Crippen LogP contribution is 2.57. The Hall–Kier alpha value is -2.78. The number of nitrogens with zero attached hydrogens (tertiary/aromatic N) is 4. The van der Waals surface area contributed by atoms with Crippen molar-refractivity contribution in [2.45, 2.75) is 64.5 Å². The number of rotatable bonds is 7. The van der Waals surface area contributed by atoms with Crippen molar-refractivity contribution in [1.82, 2.24) is 25.5 Å². The summed E-state index contributed by atoms with van der Waals surface area (Å²) in [4.78, 5) is 40.1. The Kier molecular flexibility index (Phi) is 5.96. The van der Waals surface area contributed by atoms with E-state index >= 15 is 0 Å². The number of tetrazole rings is 1. The molecule has 0 spiro atoms. The van der Waals surface area contributed by atoms with Gasteiger partial charge in [-0.25, -0.2) is 4.79 Å². The SMILES string of the molecule is C=C[C@@H]1C[C@]1(CC(=O)[C@@H]1C[C@@H](c2nn[nH]n2)CN1C(=O)OC(C)(C)C)C(=O)OCC. The zero-order valence-corrected chi connectivity index (χ0v) is 17.9. The second kappa shape index (κ2) is 8.16. The Morgan fingerprint density at radius 3 is 2.63 bits per heavy atom. The number of nitrogens with one attached hydrogen (secondary N) is 1. The van der Waals surface area contributed by atoms with E-state index in [4.69, 9.17) is 9.47 Å². The fraction of sp³-hybridized carbons (Fsp3) is 0.700. The zero-order chi connectivity index (χ0) is 22.1. The van der Waals surface area contributed by atoms with Crippen LogP contribution in [0.1, 0.15) is 58.7 Å². The van der Waals surface area contributed by atoms with Crippen LogP contribution in [0.15, 0.2) is 12.7 Å². The van der Waals surface area contributed by atoms with E-state index in [9.17, 15) is 14.4 Å². The van der Waals surface area contributed by atoms with Crippen LogP contribution in [0.4, 0.5) is 4.79 Å². The number of Topliss-reactive ketones (excluding diaryl/α,β-unsaturated/α-hetero) is 1. The Morgan fingerprint density at radius 1 is 1.37 bits per heavy atom. The standard InChI is InChI=1S/C20H29N5O5/c1-6-13-9-20(13,17(27)29-7-2)10-15(26)14-8-12(16-21-23-24-22-16)11-25(14)18(28)30-19(3,4)5/h6,12-14H,1,7-11H2,2-5H3,(H,21,22,23,24)/t12-,13-,14+,20-/m1/s1. The minimum atomic E-state index is -0.890. The maximum atomic E-state index is 13.3. The van der Waals surface area contributed by atoms with Crippen LogP contribution in [-0.2, 0) is 19.1 Å². The number of esters is 1. The quantitative estimate of drug-likeness (QED) is 0.525. The van der Waals surface area contributed by atoms with E-state index in [0.29, 0.717) is 18.7 Å². The highest BCUT2D eigenvalue weighted by Gasteiger charge is 2.61. The topological polar surface area (TPSA) is 127 Å². The first-order chi connectivity index (χ1) is 14.1. The first-order valence-electron chi connectivity index (χ1n) is 10.2. The number of hydrogen-bond donors (Lipinski definition) is 1. The lowest BCUT2D eigenvalue weighted by Crippen LogP contribution is -2.44. The summed E-state index contributed by atoms with van der Waals surface area (Å²) >= 11 is 0. The lowest BCUT2D eigenvalue weighted by Gasteiger charge is -2.28. The van der Waals surface area contributed by atoms with Gasteiger partial charge in [0.2, 0.25) is 0 Å². The van der Waals surface area contributed by atoms with Gasteiger partial charge in [0.15, 0.2) is 11.6 Å². The summed E-state index contributed by atoms with van der Waals surface area (Å²) in [6, 6.07) is -0.735. The van der Waals surface area contributed by atoms with Crippen molar-refractivity contribution in [3.05, 3.63) is 18.5 Å². The molecule has 4 atom stereocenters. The minimum Gasteiger partial charge on any atom is -0.466 e. The van der Waals surface area contributed by atoms with Crippen LogP contribution in [-0.4, -0.2) is 68.2 Å². The third kappa shape index (κ3) is 4.36. The molecule has 1 N–H and O–H groups in total. The highest BCUT2D eigenvalue weighted by molar-refractivity contribution is 5.94. The number of hydrogen-bond acceptors (Lipinski definition) is 8. The molecule has 0 unspecified atom stereocenters. The monoisotopic (exact) mass is 419 g/mol. The molecule has 164 valence electrons. The van der Waals surface area contributed by atoms with Gasteiger partial charge in [-0.1, -0.05) is 11.3 Å². The van der Waals surface area contributed by atoms with E-state index in [1.54, 1.807) is 33.8 Å². The maximum absolute atomic E-state index is 13.3. The smallest absolute Gasteiger partial charge is 0.410 e. The van der Waals surface area contributed by atoms with Crippen LogP contribution in [0.3, 0.4) is 0 Å². The number of H-pyrrole nitrogens is 1. The number of ether oxygens (including phenoxy) is 2. The summed E-state index contributed by atoms with van der Waals surface area (Å²) in [5.41, 5.74) is -1.59. The van der Waals surface area contributed by atoms with Crippen LogP contribution < -0.4 is 0 Å². The molecule has 3 rings (SSSR count). The number of allylic oxidation sites excluding steroid dienone is 1. The molecule has 1 saturated carbocycles. The first kappa shape index (κ1) is 21.9. The number of aromatic amines is 1. The van der Waals surface area contributed by atoms with Gasteiger partial charge >= 0.3 is 12.1 Å². The van der Waals surface area contributed by atoms with E-state index in [-0.39, 0.29) is 43.2 Å². The van der Waals surface area contributed by atoms with Gasteiger partial charge in [-0.15, -0.1) is 16.8 Å². The molecule has 0 aromatic carbocycles. The molecule has 10 nitrogen and oxygen atoms in total. The Bertz CT molecular complexity index is 818. The summed E-state index contributed by atoms with van der Waals surface area (Å²) in [5.74, 6) is -0.513. The molecule has 30 heavy (non-hydrogen) atoms. The number of amides is 1. The second-order valence-electron chi connectivity index (χ2n) is 8.92. The lowest BCUT2D eigenvalue weighted by atomic mass is 9.91. The normalized spacial score (nSPS) is 28.1. The lowest BCUT2D eigenvalue weighted by molar-refractivity contribution is -0.152. The summed E-state index contributed by atoms with van der Waals surface area (Å²) in [6.07, 6.45) is 1.97. The molecule has 1 aromatic rings. The fourth-order valence-electron chi connectivity index (χ4n) is 4.05. The average molecular weight is 419 g/mol. The van der Waals surface area contributed by atoms with Crippen molar-refractivity contribution >= 4 is 17.8 Å². The van der Waals surface area contributed by atoms with E-state index in [1.807, 2.05) is 0 Å². The van der Waals surface area contributed by atoms with Gasteiger partial charge in [-0.3, -0.25) is 14.5 Å². The Morgan fingerprint density at radius 2 is 2.10 bits per heavy atom. The first-order valence-corrected chi connectivity index (χ1v) is 10.2. The molecule has 2 aliphatic rings. The van der Waals surface area contributed by atoms with Gasteiger partial charge in [-0.2, -0.15) is 5.21 Å². The second-order valence-corrected chi connectivity index (χ2v) is 8.92. The summed E-state index contributed by atoms with van der Waals surface area (Å²) in [7, 11) is 0. The molecule has 1 aliphatic heterocycles. The average Bonchev–Trinajstić information content (AvgIpc) is 3.04. The van der Waals surface area contributed by atoms with Gasteiger partial charge < -0.3 is 9.47 Å². The predicted molar refractivity (Wildman–Crippen MR) is 105 cm³/mol. The van der Waals surface area contributed by atoms with Gasteiger partial charge in [0, 0.05) is 18.9 Å². The van der Waals surface area contributed by atoms with Gasteiger partial charge in [0.05, 0.1) is 18.1 Å². The molecular weight excluding hydrogens is 390 g/mol. The Balaban J connectivity index is 1.80. The predicted octanol–water partition coefficient (Wildman–Crippen LogP) is 2.01.